The van der Waals surface area contributed by atoms with Gasteiger partial charge in [0, 0.05) is 23.8 Å². The van der Waals surface area contributed by atoms with E-state index in [1.807, 2.05) is 0 Å². The van der Waals surface area contributed by atoms with Gasteiger partial charge in [-0.15, -0.1) is 0 Å². The number of halogens is 1. The van der Waals surface area contributed by atoms with Gasteiger partial charge in [-0.1, -0.05) is 17.7 Å². The molecule has 1 saturated heterocycles. The van der Waals surface area contributed by atoms with Gasteiger partial charge in [-0.05, 0) is 55.3 Å². The van der Waals surface area contributed by atoms with Crippen LogP contribution in [-0.2, 0) is 19.6 Å². The van der Waals surface area contributed by atoms with Gasteiger partial charge in [0.25, 0.3) is 0 Å². The first-order valence-corrected chi connectivity index (χ1v) is 10.9. The highest BCUT2D eigenvalue weighted by Gasteiger charge is 2.33. The predicted molar refractivity (Wildman–Crippen MR) is 109 cm³/mol. The molecule has 0 radical (unpaired) electrons. The number of hydrogen-bond donors (Lipinski definition) is 1. The van der Waals surface area contributed by atoms with Crippen molar-refractivity contribution in [2.45, 2.75) is 17.7 Å². The topological polar surface area (TPSA) is 92.8 Å². The van der Waals surface area contributed by atoms with Gasteiger partial charge < -0.3 is 10.1 Å². The van der Waals surface area contributed by atoms with Crippen molar-refractivity contribution < 1.29 is 22.7 Å². The van der Waals surface area contributed by atoms with Crippen LogP contribution in [0.4, 0.5) is 5.69 Å². The zero-order chi connectivity index (χ0) is 21.0. The Kier molecular flexibility index (Phi) is 6.56. The number of hydrogen-bond acceptors (Lipinski definition) is 5. The maximum Gasteiger partial charge on any atom is 0.337 e. The number of anilines is 1. The molecule has 0 aliphatic carbocycles. The number of carbonyl (C=O) groups is 2. The first kappa shape index (κ1) is 21.3. The molecule has 1 aliphatic rings. The summed E-state index contributed by atoms with van der Waals surface area (Å²) in [6, 6.07) is 12.4. The smallest absolute Gasteiger partial charge is 0.337 e. The monoisotopic (exact) mass is 436 g/mol. The van der Waals surface area contributed by atoms with E-state index in [1.54, 1.807) is 18.2 Å². The van der Waals surface area contributed by atoms with E-state index in [4.69, 9.17) is 11.6 Å². The second-order valence-corrected chi connectivity index (χ2v) is 9.09. The maximum absolute atomic E-state index is 12.9. The van der Waals surface area contributed by atoms with Crippen LogP contribution in [-0.4, -0.2) is 44.8 Å². The molecule has 2 aromatic carbocycles. The van der Waals surface area contributed by atoms with E-state index in [-0.39, 0.29) is 17.3 Å². The fourth-order valence-corrected chi connectivity index (χ4v) is 4.87. The Morgan fingerprint density at radius 2 is 1.90 bits per heavy atom. The highest BCUT2D eigenvalue weighted by atomic mass is 35.5. The average Bonchev–Trinajstić information content (AvgIpc) is 2.73. The third-order valence-electron chi connectivity index (χ3n) is 4.76. The van der Waals surface area contributed by atoms with E-state index < -0.39 is 21.9 Å². The van der Waals surface area contributed by atoms with Crippen LogP contribution in [0.15, 0.2) is 53.4 Å². The average molecular weight is 437 g/mol. The number of esters is 1. The molecule has 29 heavy (non-hydrogen) atoms. The zero-order valence-electron chi connectivity index (χ0n) is 15.8. The molecule has 1 N–H and O–H groups in total. The Bertz CT molecular complexity index is 1010. The summed E-state index contributed by atoms with van der Waals surface area (Å²) in [6.45, 7) is 0.444. The summed E-state index contributed by atoms with van der Waals surface area (Å²) < 4.78 is 31.8. The number of nitrogens with zero attached hydrogens (tertiary/aromatic N) is 1. The Balaban J connectivity index is 1.71. The molecule has 9 heteroatoms. The van der Waals surface area contributed by atoms with Crippen molar-refractivity contribution in [3.8, 4) is 0 Å². The van der Waals surface area contributed by atoms with Crippen LogP contribution in [0.5, 0.6) is 0 Å². The third kappa shape index (κ3) is 4.95. The van der Waals surface area contributed by atoms with E-state index in [0.29, 0.717) is 35.7 Å². The molecule has 0 aromatic heterocycles. The lowest BCUT2D eigenvalue weighted by molar-refractivity contribution is -0.120. The van der Waals surface area contributed by atoms with Gasteiger partial charge in [0.2, 0.25) is 15.9 Å². The van der Waals surface area contributed by atoms with Gasteiger partial charge in [-0.2, -0.15) is 4.31 Å². The standard InChI is InChI=1S/C20H21ClN2O5S/c1-28-20(25)14-4-2-6-17(12-14)22-19(24)15-5-3-11-23(13-15)29(26,27)18-9-7-16(21)8-10-18/h2,4,6-10,12,15H,3,5,11,13H2,1H3,(H,22,24). The summed E-state index contributed by atoms with van der Waals surface area (Å²) in [6.07, 6.45) is 1.16. The fraction of sp³-hybridized carbons (Fsp3) is 0.300. The molecule has 3 rings (SSSR count). The molecule has 1 aliphatic heterocycles. The first-order valence-electron chi connectivity index (χ1n) is 9.06. The quantitative estimate of drug-likeness (QED) is 0.726. The number of nitrogens with one attached hydrogen (secondary N) is 1. The number of piperidine rings is 1. The number of rotatable bonds is 5. The molecular formula is C20H21ClN2O5S. The molecule has 2 aromatic rings. The van der Waals surface area contributed by atoms with Crippen molar-refractivity contribution in [2.75, 3.05) is 25.5 Å². The van der Waals surface area contributed by atoms with Gasteiger partial charge >= 0.3 is 5.97 Å². The summed E-state index contributed by atoms with van der Waals surface area (Å²) in [5.41, 5.74) is 0.775. The number of ether oxygens (including phenoxy) is 1. The van der Waals surface area contributed by atoms with Gasteiger partial charge in [-0.25, -0.2) is 13.2 Å². The van der Waals surface area contributed by atoms with Gasteiger partial charge in [-0.3, -0.25) is 4.79 Å². The summed E-state index contributed by atoms with van der Waals surface area (Å²) in [5, 5.41) is 3.22. The van der Waals surface area contributed by atoms with E-state index in [0.717, 1.165) is 0 Å². The molecular weight excluding hydrogens is 416 g/mol. The summed E-state index contributed by atoms with van der Waals surface area (Å²) in [7, 11) is -2.42. The number of methoxy groups -OCH3 is 1. The van der Waals surface area contributed by atoms with E-state index in [2.05, 4.69) is 10.1 Å². The van der Waals surface area contributed by atoms with Crippen molar-refractivity contribution in [1.82, 2.24) is 4.31 Å². The summed E-state index contributed by atoms with van der Waals surface area (Å²) >= 11 is 5.84. The predicted octanol–water partition coefficient (Wildman–Crippen LogP) is 3.17. The van der Waals surface area contributed by atoms with Crippen molar-refractivity contribution in [3.63, 3.8) is 0 Å². The minimum Gasteiger partial charge on any atom is -0.465 e. The number of amides is 1. The number of sulfonamides is 1. The molecule has 0 bridgehead atoms. The minimum atomic E-state index is -3.71. The molecule has 154 valence electrons. The van der Waals surface area contributed by atoms with Crippen molar-refractivity contribution in [3.05, 3.63) is 59.1 Å². The lowest BCUT2D eigenvalue weighted by Crippen LogP contribution is -2.43. The molecule has 0 saturated carbocycles. The SMILES string of the molecule is COC(=O)c1cccc(NC(=O)C2CCCN(S(=O)(=O)c3ccc(Cl)cc3)C2)c1. The Labute approximate surface area is 174 Å². The Morgan fingerprint density at radius 1 is 1.17 bits per heavy atom. The largest absolute Gasteiger partial charge is 0.465 e. The zero-order valence-corrected chi connectivity index (χ0v) is 17.4. The summed E-state index contributed by atoms with van der Waals surface area (Å²) in [4.78, 5) is 24.5. The van der Waals surface area contributed by atoms with Gasteiger partial charge in [0.1, 0.15) is 0 Å². The van der Waals surface area contributed by atoms with E-state index in [9.17, 15) is 18.0 Å². The Morgan fingerprint density at radius 3 is 2.59 bits per heavy atom. The number of carbonyl (C=O) groups excluding carboxylic acids is 2. The molecule has 1 heterocycles. The van der Waals surface area contributed by atoms with Crippen LogP contribution >= 0.6 is 11.6 Å². The van der Waals surface area contributed by atoms with Gasteiger partial charge in [0.15, 0.2) is 0 Å². The van der Waals surface area contributed by atoms with Crippen molar-refractivity contribution in [2.24, 2.45) is 5.92 Å². The Hall–Kier alpha value is -2.42. The lowest BCUT2D eigenvalue weighted by Gasteiger charge is -2.31. The minimum absolute atomic E-state index is 0.0908. The van der Waals surface area contributed by atoms with Crippen LogP contribution in [0.25, 0.3) is 0 Å². The highest BCUT2D eigenvalue weighted by molar-refractivity contribution is 7.89. The highest BCUT2D eigenvalue weighted by Crippen LogP contribution is 2.25. The molecule has 1 unspecified atom stereocenters. The first-order chi connectivity index (χ1) is 13.8. The lowest BCUT2D eigenvalue weighted by atomic mass is 9.98. The van der Waals surface area contributed by atoms with Crippen LogP contribution in [0, 0.1) is 5.92 Å². The van der Waals surface area contributed by atoms with Crippen LogP contribution < -0.4 is 5.32 Å². The molecule has 0 spiro atoms. The van der Waals surface area contributed by atoms with E-state index >= 15 is 0 Å². The van der Waals surface area contributed by atoms with Gasteiger partial charge in [0.05, 0.1) is 23.5 Å². The third-order valence-corrected chi connectivity index (χ3v) is 6.89. The molecule has 1 atom stereocenters. The normalized spacial score (nSPS) is 17.5. The second kappa shape index (κ2) is 8.94. The van der Waals surface area contributed by atoms with Crippen LogP contribution in [0.1, 0.15) is 23.2 Å². The van der Waals surface area contributed by atoms with Crippen LogP contribution in [0.2, 0.25) is 5.02 Å². The molecule has 7 nitrogen and oxygen atoms in total. The maximum atomic E-state index is 12.9. The summed E-state index contributed by atoms with van der Waals surface area (Å²) in [5.74, 6) is -1.28. The van der Waals surface area contributed by atoms with Crippen molar-refractivity contribution >= 4 is 39.2 Å². The number of benzene rings is 2. The van der Waals surface area contributed by atoms with Crippen molar-refractivity contribution in [1.29, 1.82) is 0 Å². The second-order valence-electron chi connectivity index (χ2n) is 6.72. The van der Waals surface area contributed by atoms with E-state index in [1.165, 1.54) is 41.7 Å². The fourth-order valence-electron chi connectivity index (χ4n) is 3.22. The molecule has 1 amide bonds. The van der Waals surface area contributed by atoms with Crippen LogP contribution in [0.3, 0.4) is 0 Å². The molecule has 1 fully saturated rings.